The third kappa shape index (κ3) is 3.61. The highest BCUT2D eigenvalue weighted by Gasteiger charge is 2.09. The van der Waals surface area contributed by atoms with Crippen LogP contribution in [0.15, 0.2) is 57.9 Å². The first-order valence-corrected chi connectivity index (χ1v) is 7.56. The molecule has 0 spiro atoms. The van der Waals surface area contributed by atoms with Gasteiger partial charge in [-0.1, -0.05) is 42.0 Å². The van der Waals surface area contributed by atoms with Gasteiger partial charge < -0.3 is 5.11 Å². The van der Waals surface area contributed by atoms with Gasteiger partial charge >= 0.3 is 0 Å². The molecule has 3 heteroatoms. The lowest BCUT2D eigenvalue weighted by molar-refractivity contribution is 0.204. The Kier molecular flexibility index (Phi) is 4.87. The van der Waals surface area contributed by atoms with E-state index in [0.29, 0.717) is 5.75 Å². The molecule has 0 radical (unpaired) electrons. The molecule has 0 heterocycles. The number of aliphatic hydroxyl groups excluding tert-OH is 1. The van der Waals surface area contributed by atoms with Gasteiger partial charge in [-0.3, -0.25) is 0 Å². The van der Waals surface area contributed by atoms with E-state index in [0.717, 1.165) is 14.9 Å². The Morgan fingerprint density at radius 2 is 1.78 bits per heavy atom. The Morgan fingerprint density at radius 3 is 2.44 bits per heavy atom. The number of hydrogen-bond donors (Lipinski definition) is 1. The Hall–Kier alpha value is -0.770. The van der Waals surface area contributed by atoms with Gasteiger partial charge in [0.2, 0.25) is 0 Å². The lowest BCUT2D eigenvalue weighted by Crippen LogP contribution is -2.00. The van der Waals surface area contributed by atoms with Gasteiger partial charge in [0.1, 0.15) is 0 Å². The molecule has 0 saturated carbocycles. The Balaban J connectivity index is 1.98. The highest BCUT2D eigenvalue weighted by atomic mass is 79.9. The SMILES string of the molecule is Cc1ccc(C(O)CSc2ccccc2Br)cc1. The quantitative estimate of drug-likeness (QED) is 0.831. The average molecular weight is 323 g/mol. The Labute approximate surface area is 120 Å². The predicted molar refractivity (Wildman–Crippen MR) is 81.0 cm³/mol. The van der Waals surface area contributed by atoms with E-state index < -0.39 is 6.10 Å². The summed E-state index contributed by atoms with van der Waals surface area (Å²) < 4.78 is 1.08. The normalized spacial score (nSPS) is 12.4. The molecule has 94 valence electrons. The molecular formula is C15H15BrOS. The fraction of sp³-hybridized carbons (Fsp3) is 0.200. The van der Waals surface area contributed by atoms with Crippen molar-refractivity contribution < 1.29 is 5.11 Å². The Bertz CT molecular complexity index is 510. The summed E-state index contributed by atoms with van der Waals surface area (Å²) in [6.07, 6.45) is -0.428. The van der Waals surface area contributed by atoms with Crippen molar-refractivity contribution in [3.63, 3.8) is 0 Å². The summed E-state index contributed by atoms with van der Waals surface area (Å²) in [7, 11) is 0. The van der Waals surface area contributed by atoms with E-state index in [9.17, 15) is 5.11 Å². The smallest absolute Gasteiger partial charge is 0.0883 e. The second-order valence-corrected chi connectivity index (χ2v) is 6.08. The highest BCUT2D eigenvalue weighted by molar-refractivity contribution is 9.10. The molecule has 18 heavy (non-hydrogen) atoms. The number of benzene rings is 2. The minimum atomic E-state index is -0.428. The lowest BCUT2D eigenvalue weighted by Gasteiger charge is -2.11. The zero-order valence-electron chi connectivity index (χ0n) is 10.1. The summed E-state index contributed by atoms with van der Waals surface area (Å²) in [6.45, 7) is 2.05. The van der Waals surface area contributed by atoms with Crippen LogP contribution in [-0.2, 0) is 0 Å². The average Bonchev–Trinajstić information content (AvgIpc) is 2.38. The molecule has 0 fully saturated rings. The molecule has 0 saturated heterocycles. The van der Waals surface area contributed by atoms with Crippen LogP contribution in [0, 0.1) is 6.92 Å². The molecule has 2 rings (SSSR count). The third-order valence-electron chi connectivity index (χ3n) is 2.70. The van der Waals surface area contributed by atoms with E-state index in [2.05, 4.69) is 22.0 Å². The minimum Gasteiger partial charge on any atom is -0.388 e. The maximum atomic E-state index is 10.1. The monoisotopic (exact) mass is 322 g/mol. The lowest BCUT2D eigenvalue weighted by atomic mass is 10.1. The first-order valence-electron chi connectivity index (χ1n) is 5.79. The zero-order valence-corrected chi connectivity index (χ0v) is 12.5. The van der Waals surface area contributed by atoms with Crippen molar-refractivity contribution in [3.05, 3.63) is 64.1 Å². The van der Waals surface area contributed by atoms with Crippen molar-refractivity contribution >= 4 is 27.7 Å². The summed E-state index contributed by atoms with van der Waals surface area (Å²) in [4.78, 5) is 1.16. The van der Waals surface area contributed by atoms with Gasteiger partial charge in [-0.25, -0.2) is 0 Å². The summed E-state index contributed by atoms with van der Waals surface area (Å²) in [5.74, 6) is 0.658. The van der Waals surface area contributed by atoms with Gasteiger partial charge in [-0.05, 0) is 40.5 Å². The molecule has 2 aromatic rings. The van der Waals surface area contributed by atoms with Gasteiger partial charge in [-0.15, -0.1) is 11.8 Å². The van der Waals surface area contributed by atoms with Crippen molar-refractivity contribution in [2.45, 2.75) is 17.9 Å². The van der Waals surface area contributed by atoms with Crippen LogP contribution >= 0.6 is 27.7 Å². The minimum absolute atomic E-state index is 0.428. The van der Waals surface area contributed by atoms with Gasteiger partial charge in [0.05, 0.1) is 6.10 Å². The van der Waals surface area contributed by atoms with Crippen LogP contribution < -0.4 is 0 Å². The zero-order chi connectivity index (χ0) is 13.0. The molecule has 0 amide bonds. The topological polar surface area (TPSA) is 20.2 Å². The van der Waals surface area contributed by atoms with E-state index in [-0.39, 0.29) is 0 Å². The largest absolute Gasteiger partial charge is 0.388 e. The van der Waals surface area contributed by atoms with Crippen molar-refractivity contribution in [1.29, 1.82) is 0 Å². The van der Waals surface area contributed by atoms with Crippen molar-refractivity contribution in [3.8, 4) is 0 Å². The van der Waals surface area contributed by atoms with E-state index in [1.807, 2.05) is 49.4 Å². The molecular weight excluding hydrogens is 308 g/mol. The summed E-state index contributed by atoms with van der Waals surface area (Å²) >= 11 is 5.17. The number of aliphatic hydroxyl groups is 1. The van der Waals surface area contributed by atoms with Crippen LogP contribution in [0.1, 0.15) is 17.2 Å². The number of thioether (sulfide) groups is 1. The highest BCUT2D eigenvalue weighted by Crippen LogP contribution is 2.30. The molecule has 1 N–H and O–H groups in total. The predicted octanol–water partition coefficient (Wildman–Crippen LogP) is 4.58. The molecule has 0 aliphatic rings. The standard InChI is InChI=1S/C15H15BrOS/c1-11-6-8-12(9-7-11)14(17)10-18-15-5-3-2-4-13(15)16/h2-9,14,17H,10H2,1H3. The van der Waals surface area contributed by atoms with E-state index >= 15 is 0 Å². The molecule has 2 aromatic carbocycles. The Morgan fingerprint density at radius 1 is 1.11 bits per heavy atom. The molecule has 0 aromatic heterocycles. The van der Waals surface area contributed by atoms with Crippen molar-refractivity contribution in [2.75, 3.05) is 5.75 Å². The van der Waals surface area contributed by atoms with Crippen LogP contribution in [-0.4, -0.2) is 10.9 Å². The fourth-order valence-electron chi connectivity index (χ4n) is 1.62. The summed E-state index contributed by atoms with van der Waals surface area (Å²) in [5, 5.41) is 10.1. The van der Waals surface area contributed by atoms with E-state index in [1.54, 1.807) is 11.8 Å². The van der Waals surface area contributed by atoms with Crippen LogP contribution in [0.2, 0.25) is 0 Å². The summed E-state index contributed by atoms with van der Waals surface area (Å²) in [5.41, 5.74) is 2.18. The fourth-order valence-corrected chi connectivity index (χ4v) is 3.15. The van der Waals surface area contributed by atoms with Crippen LogP contribution in [0.4, 0.5) is 0 Å². The second-order valence-electron chi connectivity index (χ2n) is 4.17. The third-order valence-corrected chi connectivity index (χ3v) is 4.80. The van der Waals surface area contributed by atoms with Crippen LogP contribution in [0.5, 0.6) is 0 Å². The second kappa shape index (κ2) is 6.41. The van der Waals surface area contributed by atoms with E-state index in [1.165, 1.54) is 5.56 Å². The maximum absolute atomic E-state index is 10.1. The van der Waals surface area contributed by atoms with Gasteiger partial charge in [0.25, 0.3) is 0 Å². The number of hydrogen-bond acceptors (Lipinski definition) is 2. The number of aryl methyl sites for hydroxylation is 1. The first-order chi connectivity index (χ1) is 8.66. The summed E-state index contributed by atoms with van der Waals surface area (Å²) in [6, 6.07) is 16.1. The molecule has 0 aliphatic heterocycles. The molecule has 1 unspecified atom stereocenters. The molecule has 1 nitrogen and oxygen atoms in total. The van der Waals surface area contributed by atoms with Crippen LogP contribution in [0.3, 0.4) is 0 Å². The maximum Gasteiger partial charge on any atom is 0.0883 e. The number of rotatable bonds is 4. The van der Waals surface area contributed by atoms with Gasteiger partial charge in [-0.2, -0.15) is 0 Å². The van der Waals surface area contributed by atoms with Crippen molar-refractivity contribution in [2.24, 2.45) is 0 Å². The molecule has 1 atom stereocenters. The molecule has 0 bridgehead atoms. The van der Waals surface area contributed by atoms with Gasteiger partial charge in [0, 0.05) is 15.1 Å². The number of halogens is 1. The van der Waals surface area contributed by atoms with Crippen LogP contribution in [0.25, 0.3) is 0 Å². The molecule has 0 aliphatic carbocycles. The van der Waals surface area contributed by atoms with E-state index in [4.69, 9.17) is 0 Å². The van der Waals surface area contributed by atoms with Crippen molar-refractivity contribution in [1.82, 2.24) is 0 Å². The first kappa shape index (κ1) is 13.7. The van der Waals surface area contributed by atoms with Gasteiger partial charge in [0.15, 0.2) is 0 Å².